The minimum atomic E-state index is -0.129. The molecule has 0 unspecified atom stereocenters. The van der Waals surface area contributed by atoms with E-state index in [0.29, 0.717) is 35.8 Å². The molecule has 1 aromatic heterocycles. The third-order valence-corrected chi connectivity index (χ3v) is 4.77. The van der Waals surface area contributed by atoms with E-state index in [4.69, 9.17) is 10.5 Å². The first-order chi connectivity index (χ1) is 10.1. The molecule has 0 aliphatic carbocycles. The smallest absolute Gasteiger partial charge is 0.242 e. The van der Waals surface area contributed by atoms with Crippen molar-refractivity contribution in [2.45, 2.75) is 4.34 Å². The van der Waals surface area contributed by atoms with Gasteiger partial charge in [0.15, 0.2) is 4.34 Å². The van der Waals surface area contributed by atoms with E-state index < -0.39 is 0 Å². The second-order valence-electron chi connectivity index (χ2n) is 4.44. The van der Waals surface area contributed by atoms with Crippen LogP contribution in [-0.4, -0.2) is 77.5 Å². The summed E-state index contributed by atoms with van der Waals surface area (Å²) >= 11 is 2.51. The van der Waals surface area contributed by atoms with Gasteiger partial charge in [-0.2, -0.15) is 0 Å². The Morgan fingerprint density at radius 3 is 2.76 bits per heavy atom. The van der Waals surface area contributed by atoms with Crippen LogP contribution >= 0.6 is 23.1 Å². The highest BCUT2D eigenvalue weighted by molar-refractivity contribution is 8.01. The summed E-state index contributed by atoms with van der Waals surface area (Å²) < 4.78 is 5.84. The monoisotopic (exact) mass is 331 g/mol. The van der Waals surface area contributed by atoms with Crippen molar-refractivity contribution in [1.29, 1.82) is 0 Å². The number of nitrogens with two attached hydrogens (primary N) is 1. The maximum Gasteiger partial charge on any atom is 0.242 e. The van der Waals surface area contributed by atoms with Gasteiger partial charge in [0.2, 0.25) is 16.9 Å². The van der Waals surface area contributed by atoms with E-state index in [2.05, 4.69) is 10.2 Å². The Hall–Kier alpha value is -1.39. The normalized spacial score (nSPS) is 15.0. The molecule has 1 aliphatic rings. The van der Waals surface area contributed by atoms with E-state index in [0.717, 1.165) is 0 Å². The van der Waals surface area contributed by atoms with Crippen molar-refractivity contribution >= 4 is 40.0 Å². The largest absolute Gasteiger partial charge is 0.378 e. The maximum absolute atomic E-state index is 12.0. The van der Waals surface area contributed by atoms with Crippen molar-refractivity contribution < 1.29 is 14.3 Å². The van der Waals surface area contributed by atoms with Gasteiger partial charge in [-0.1, -0.05) is 23.1 Å². The zero-order valence-electron chi connectivity index (χ0n) is 11.7. The summed E-state index contributed by atoms with van der Waals surface area (Å²) in [6.07, 6.45) is 0. The molecule has 1 aromatic rings. The molecule has 1 aliphatic heterocycles. The number of nitrogen functional groups attached to an aromatic ring is 1. The van der Waals surface area contributed by atoms with Crippen LogP contribution in [0.2, 0.25) is 0 Å². The zero-order valence-corrected chi connectivity index (χ0v) is 13.3. The number of carbonyl (C=O) groups is 2. The van der Waals surface area contributed by atoms with E-state index in [9.17, 15) is 9.59 Å². The van der Waals surface area contributed by atoms with E-state index in [1.54, 1.807) is 11.9 Å². The number of amides is 2. The van der Waals surface area contributed by atoms with Gasteiger partial charge in [-0.3, -0.25) is 9.59 Å². The molecule has 0 spiro atoms. The summed E-state index contributed by atoms with van der Waals surface area (Å²) in [6.45, 7) is 2.35. The summed E-state index contributed by atoms with van der Waals surface area (Å²) in [4.78, 5) is 27.1. The number of hydrogen-bond donors (Lipinski definition) is 1. The minimum absolute atomic E-state index is 0.0562. The van der Waals surface area contributed by atoms with E-state index in [-0.39, 0.29) is 24.1 Å². The van der Waals surface area contributed by atoms with Crippen LogP contribution in [-0.2, 0) is 14.3 Å². The van der Waals surface area contributed by atoms with Crippen LogP contribution < -0.4 is 5.73 Å². The summed E-state index contributed by atoms with van der Waals surface area (Å²) in [5.41, 5.74) is 5.47. The van der Waals surface area contributed by atoms with Crippen molar-refractivity contribution in [3.63, 3.8) is 0 Å². The predicted octanol–water partition coefficient (Wildman–Crippen LogP) is -0.470. The van der Waals surface area contributed by atoms with Crippen LogP contribution in [0.5, 0.6) is 0 Å². The average molecular weight is 331 g/mol. The summed E-state index contributed by atoms with van der Waals surface area (Å²) in [7, 11) is 1.62. The lowest BCUT2D eigenvalue weighted by Gasteiger charge is -2.28. The topological polar surface area (TPSA) is 102 Å². The van der Waals surface area contributed by atoms with Crippen molar-refractivity contribution in [2.24, 2.45) is 0 Å². The second-order valence-corrected chi connectivity index (χ2v) is 6.67. The minimum Gasteiger partial charge on any atom is -0.378 e. The van der Waals surface area contributed by atoms with Crippen LogP contribution in [0.1, 0.15) is 0 Å². The number of rotatable bonds is 5. The van der Waals surface area contributed by atoms with Gasteiger partial charge in [0.05, 0.1) is 25.5 Å². The molecule has 21 heavy (non-hydrogen) atoms. The first-order valence-corrected chi connectivity index (χ1v) is 8.17. The summed E-state index contributed by atoms with van der Waals surface area (Å²) in [5, 5.41) is 7.88. The molecule has 2 heterocycles. The van der Waals surface area contributed by atoms with Gasteiger partial charge in [-0.25, -0.2) is 0 Å². The first-order valence-electron chi connectivity index (χ1n) is 6.37. The predicted molar refractivity (Wildman–Crippen MR) is 80.1 cm³/mol. The molecule has 0 atom stereocenters. The van der Waals surface area contributed by atoms with Gasteiger partial charge < -0.3 is 20.3 Å². The SMILES string of the molecule is CN(CC(=O)N1CCOCC1)C(=O)CSc1nnc(N)s1. The Balaban J connectivity index is 1.75. The molecule has 0 aromatic carbocycles. The highest BCUT2D eigenvalue weighted by Gasteiger charge is 2.20. The van der Waals surface area contributed by atoms with E-state index in [1.165, 1.54) is 28.0 Å². The van der Waals surface area contributed by atoms with Gasteiger partial charge in [-0.15, -0.1) is 10.2 Å². The van der Waals surface area contributed by atoms with Crippen LogP contribution in [0.25, 0.3) is 0 Å². The molecule has 1 fully saturated rings. The third-order valence-electron chi connectivity index (χ3n) is 2.90. The number of hydrogen-bond acceptors (Lipinski definition) is 8. The highest BCUT2D eigenvalue weighted by atomic mass is 32.2. The van der Waals surface area contributed by atoms with Crippen molar-refractivity contribution in [3.8, 4) is 0 Å². The molecule has 116 valence electrons. The lowest BCUT2D eigenvalue weighted by atomic mass is 10.4. The number of aromatic nitrogens is 2. The Bertz CT molecular complexity index is 504. The van der Waals surface area contributed by atoms with Crippen LogP contribution in [0.4, 0.5) is 5.13 Å². The fourth-order valence-electron chi connectivity index (χ4n) is 1.72. The molecule has 10 heteroatoms. The maximum atomic E-state index is 12.0. The molecule has 0 saturated carbocycles. The fraction of sp³-hybridized carbons (Fsp3) is 0.636. The van der Waals surface area contributed by atoms with Gasteiger partial charge in [0, 0.05) is 20.1 Å². The molecule has 2 amide bonds. The number of anilines is 1. The van der Waals surface area contributed by atoms with Gasteiger partial charge in [-0.05, 0) is 0 Å². The first kappa shape index (κ1) is 16.0. The van der Waals surface area contributed by atoms with Crippen molar-refractivity contribution in [2.75, 3.05) is 51.4 Å². The Kier molecular flexibility index (Phi) is 5.76. The highest BCUT2D eigenvalue weighted by Crippen LogP contribution is 2.23. The third kappa shape index (κ3) is 4.83. The standard InChI is InChI=1S/C11H17N5O3S2/c1-15(6-8(17)16-2-4-19-5-3-16)9(18)7-20-11-14-13-10(12)21-11/h2-7H2,1H3,(H2,12,13). The molecular weight excluding hydrogens is 314 g/mol. The number of nitrogens with zero attached hydrogens (tertiary/aromatic N) is 4. The second kappa shape index (κ2) is 7.57. The average Bonchev–Trinajstić information content (AvgIpc) is 2.91. The van der Waals surface area contributed by atoms with Crippen LogP contribution in [0.3, 0.4) is 0 Å². The molecule has 0 radical (unpaired) electrons. The zero-order chi connectivity index (χ0) is 15.2. The molecular formula is C11H17N5O3S2. The Morgan fingerprint density at radius 1 is 1.43 bits per heavy atom. The van der Waals surface area contributed by atoms with E-state index >= 15 is 0 Å². The molecule has 2 N–H and O–H groups in total. The number of ether oxygens (including phenoxy) is 1. The lowest BCUT2D eigenvalue weighted by Crippen LogP contribution is -2.46. The number of thioether (sulfide) groups is 1. The lowest BCUT2D eigenvalue weighted by molar-refractivity contribution is -0.140. The fourth-order valence-corrected chi connectivity index (χ4v) is 3.29. The molecule has 2 rings (SSSR count). The van der Waals surface area contributed by atoms with Gasteiger partial charge in [0.1, 0.15) is 0 Å². The van der Waals surface area contributed by atoms with Gasteiger partial charge >= 0.3 is 0 Å². The molecule has 0 bridgehead atoms. The van der Waals surface area contributed by atoms with Crippen LogP contribution in [0, 0.1) is 0 Å². The van der Waals surface area contributed by atoms with Crippen LogP contribution in [0.15, 0.2) is 4.34 Å². The van der Waals surface area contributed by atoms with Crippen molar-refractivity contribution in [1.82, 2.24) is 20.0 Å². The number of morpholine rings is 1. The summed E-state index contributed by atoms with van der Waals surface area (Å²) in [6, 6.07) is 0. The molecule has 1 saturated heterocycles. The van der Waals surface area contributed by atoms with Crippen molar-refractivity contribution in [3.05, 3.63) is 0 Å². The molecule has 8 nitrogen and oxygen atoms in total. The summed E-state index contributed by atoms with van der Waals surface area (Å²) in [5.74, 6) is 0.0244. The number of carbonyl (C=O) groups excluding carboxylic acids is 2. The quantitative estimate of drug-likeness (QED) is 0.728. The Morgan fingerprint density at radius 2 is 2.14 bits per heavy atom. The van der Waals surface area contributed by atoms with Gasteiger partial charge in [0.25, 0.3) is 0 Å². The number of likely N-dealkylation sites (N-methyl/N-ethyl adjacent to an activating group) is 1. The van der Waals surface area contributed by atoms with E-state index in [1.807, 2.05) is 0 Å². The Labute approximate surface area is 130 Å².